The number of hydrogen-bond acceptors (Lipinski definition) is 3. The number of nitrogens with one attached hydrogen (secondary N) is 1. The van der Waals surface area contributed by atoms with E-state index in [4.69, 9.17) is 11.6 Å². The minimum Gasteiger partial charge on any atom is -0.388 e. The first-order valence-corrected chi connectivity index (χ1v) is 9.91. The Balaban J connectivity index is 2.24. The fourth-order valence-electron chi connectivity index (χ4n) is 2.39. The van der Waals surface area contributed by atoms with Crippen molar-refractivity contribution in [2.24, 2.45) is 0 Å². The van der Waals surface area contributed by atoms with Crippen molar-refractivity contribution in [3.8, 4) is 0 Å². The fourth-order valence-corrected chi connectivity index (χ4v) is 4.06. The molecule has 1 heterocycles. The second-order valence-electron chi connectivity index (χ2n) is 5.39. The lowest BCUT2D eigenvalue weighted by Gasteiger charge is -2.14. The minimum atomic E-state index is 0.768. The molecule has 1 N–H and O–H groups in total. The van der Waals surface area contributed by atoms with Crippen LogP contribution < -0.4 is 5.32 Å². The number of thioether (sulfide) groups is 1. The van der Waals surface area contributed by atoms with E-state index in [9.17, 15) is 0 Å². The molecule has 0 fully saturated rings. The van der Waals surface area contributed by atoms with Crippen LogP contribution in [0.4, 0.5) is 5.69 Å². The number of anilines is 1. The standard InChI is InChI=1S/C19H22ClNS2/c1-13(2)16(17-12-14(20)8-10-18(17)21-3)7-5-6-15-9-11-19(22-4)23-15/h5-6,8-12,21H,7H2,1-4H3/b6-5+. The zero-order valence-corrected chi connectivity index (χ0v) is 16.3. The molecule has 2 rings (SSSR count). The van der Waals surface area contributed by atoms with Crippen molar-refractivity contribution in [2.75, 3.05) is 18.6 Å². The summed E-state index contributed by atoms with van der Waals surface area (Å²) < 4.78 is 1.35. The number of benzene rings is 1. The van der Waals surface area contributed by atoms with Crippen LogP contribution in [0.1, 0.15) is 30.7 Å². The summed E-state index contributed by atoms with van der Waals surface area (Å²) in [5.41, 5.74) is 4.92. The second kappa shape index (κ2) is 8.62. The van der Waals surface area contributed by atoms with Crippen molar-refractivity contribution in [3.05, 3.63) is 57.4 Å². The molecule has 122 valence electrons. The summed E-state index contributed by atoms with van der Waals surface area (Å²) in [6.07, 6.45) is 7.44. The molecule has 1 aromatic carbocycles. The zero-order chi connectivity index (χ0) is 16.8. The van der Waals surface area contributed by atoms with E-state index in [0.717, 1.165) is 17.1 Å². The van der Waals surface area contributed by atoms with Crippen molar-refractivity contribution >= 4 is 52.0 Å². The second-order valence-corrected chi connectivity index (χ2v) is 8.04. The lowest BCUT2D eigenvalue weighted by atomic mass is 9.96. The van der Waals surface area contributed by atoms with Crippen LogP contribution in [0.3, 0.4) is 0 Å². The van der Waals surface area contributed by atoms with Gasteiger partial charge in [-0.3, -0.25) is 0 Å². The molecule has 0 saturated carbocycles. The lowest BCUT2D eigenvalue weighted by molar-refractivity contribution is 1.29. The van der Waals surface area contributed by atoms with Gasteiger partial charge in [0, 0.05) is 28.2 Å². The van der Waals surface area contributed by atoms with Gasteiger partial charge in [-0.25, -0.2) is 0 Å². The van der Waals surface area contributed by atoms with E-state index in [1.165, 1.54) is 25.8 Å². The van der Waals surface area contributed by atoms with Crippen molar-refractivity contribution < 1.29 is 0 Å². The van der Waals surface area contributed by atoms with Crippen LogP contribution in [-0.2, 0) is 0 Å². The molecule has 0 atom stereocenters. The number of thiophene rings is 1. The number of hydrogen-bond donors (Lipinski definition) is 1. The van der Waals surface area contributed by atoms with Gasteiger partial charge in [-0.2, -0.15) is 0 Å². The van der Waals surface area contributed by atoms with Crippen molar-refractivity contribution in [1.82, 2.24) is 0 Å². The normalized spacial score (nSPS) is 11.0. The van der Waals surface area contributed by atoms with Gasteiger partial charge in [0.1, 0.15) is 0 Å². The molecule has 4 heteroatoms. The van der Waals surface area contributed by atoms with Crippen molar-refractivity contribution in [1.29, 1.82) is 0 Å². The van der Waals surface area contributed by atoms with Crippen LogP contribution in [0.15, 0.2) is 46.2 Å². The van der Waals surface area contributed by atoms with Gasteiger partial charge in [0.25, 0.3) is 0 Å². The Morgan fingerprint density at radius 1 is 1.26 bits per heavy atom. The van der Waals surface area contributed by atoms with E-state index in [-0.39, 0.29) is 0 Å². The Kier molecular flexibility index (Phi) is 6.82. The Morgan fingerprint density at radius 3 is 2.65 bits per heavy atom. The SMILES string of the molecule is CNc1ccc(Cl)cc1C(C/C=C/c1ccc(SC)s1)=C(C)C. The predicted octanol–water partition coefficient (Wildman–Crippen LogP) is 7.06. The highest BCUT2D eigenvalue weighted by molar-refractivity contribution is 8.00. The largest absolute Gasteiger partial charge is 0.388 e. The highest BCUT2D eigenvalue weighted by atomic mass is 35.5. The Hall–Kier alpha value is -1.16. The van der Waals surface area contributed by atoms with Crippen LogP contribution in [0.25, 0.3) is 11.6 Å². The molecule has 0 spiro atoms. The van der Waals surface area contributed by atoms with Gasteiger partial charge in [0.05, 0.1) is 4.21 Å². The van der Waals surface area contributed by atoms with E-state index in [1.54, 1.807) is 11.8 Å². The molecule has 2 aromatic rings. The average Bonchev–Trinajstić information content (AvgIpc) is 2.99. The maximum absolute atomic E-state index is 6.20. The maximum atomic E-state index is 6.20. The molecule has 23 heavy (non-hydrogen) atoms. The quantitative estimate of drug-likeness (QED) is 0.551. The van der Waals surface area contributed by atoms with Crippen LogP contribution >= 0.6 is 34.7 Å². The van der Waals surface area contributed by atoms with Gasteiger partial charge in [-0.05, 0) is 68.5 Å². The van der Waals surface area contributed by atoms with Crippen LogP contribution in [0.2, 0.25) is 5.02 Å². The van der Waals surface area contributed by atoms with Gasteiger partial charge in [0.15, 0.2) is 0 Å². The molecule has 1 nitrogen and oxygen atoms in total. The first kappa shape index (κ1) is 18.2. The average molecular weight is 364 g/mol. The summed E-state index contributed by atoms with van der Waals surface area (Å²) in [6.45, 7) is 4.31. The molecular weight excluding hydrogens is 342 g/mol. The summed E-state index contributed by atoms with van der Waals surface area (Å²) >= 11 is 9.82. The summed E-state index contributed by atoms with van der Waals surface area (Å²) in [6, 6.07) is 10.3. The number of allylic oxidation sites excluding steroid dienone is 3. The molecular formula is C19H22ClNS2. The van der Waals surface area contributed by atoms with Gasteiger partial charge in [-0.15, -0.1) is 23.1 Å². The lowest BCUT2D eigenvalue weighted by Crippen LogP contribution is -1.96. The summed E-state index contributed by atoms with van der Waals surface area (Å²) in [5, 5.41) is 4.03. The molecule has 1 aromatic heterocycles. The highest BCUT2D eigenvalue weighted by Crippen LogP contribution is 2.32. The third-order valence-electron chi connectivity index (χ3n) is 3.59. The summed E-state index contributed by atoms with van der Waals surface area (Å²) in [7, 11) is 1.95. The van der Waals surface area contributed by atoms with E-state index < -0.39 is 0 Å². The minimum absolute atomic E-state index is 0.768. The van der Waals surface area contributed by atoms with E-state index in [1.807, 2.05) is 36.6 Å². The van der Waals surface area contributed by atoms with Gasteiger partial charge in [-0.1, -0.05) is 23.3 Å². The molecule has 0 radical (unpaired) electrons. The number of rotatable bonds is 6. The Bertz CT molecular complexity index is 725. The molecule has 0 saturated heterocycles. The predicted molar refractivity (Wildman–Crippen MR) is 109 cm³/mol. The molecule has 0 unspecified atom stereocenters. The Morgan fingerprint density at radius 2 is 2.04 bits per heavy atom. The molecule has 0 aliphatic carbocycles. The van der Waals surface area contributed by atoms with E-state index >= 15 is 0 Å². The van der Waals surface area contributed by atoms with Crippen molar-refractivity contribution in [2.45, 2.75) is 24.5 Å². The van der Waals surface area contributed by atoms with Gasteiger partial charge >= 0.3 is 0 Å². The van der Waals surface area contributed by atoms with Crippen LogP contribution in [-0.4, -0.2) is 13.3 Å². The first-order valence-electron chi connectivity index (χ1n) is 7.49. The maximum Gasteiger partial charge on any atom is 0.0602 e. The van der Waals surface area contributed by atoms with Gasteiger partial charge in [0.2, 0.25) is 0 Å². The van der Waals surface area contributed by atoms with Gasteiger partial charge < -0.3 is 5.32 Å². The molecule has 0 amide bonds. The topological polar surface area (TPSA) is 12.0 Å². The molecule has 0 aliphatic rings. The third kappa shape index (κ3) is 4.90. The highest BCUT2D eigenvalue weighted by Gasteiger charge is 2.08. The third-order valence-corrected chi connectivity index (χ3v) is 5.96. The van der Waals surface area contributed by atoms with Crippen LogP contribution in [0, 0.1) is 0 Å². The summed E-state index contributed by atoms with van der Waals surface area (Å²) in [5.74, 6) is 0. The van der Waals surface area contributed by atoms with E-state index in [0.29, 0.717) is 0 Å². The summed E-state index contributed by atoms with van der Waals surface area (Å²) in [4.78, 5) is 1.29. The Labute approximate surface area is 152 Å². The molecule has 0 bridgehead atoms. The smallest absolute Gasteiger partial charge is 0.0602 e. The monoisotopic (exact) mass is 363 g/mol. The first-order chi connectivity index (χ1) is 11.0. The fraction of sp³-hybridized carbons (Fsp3) is 0.263. The zero-order valence-electron chi connectivity index (χ0n) is 13.9. The van der Waals surface area contributed by atoms with Crippen LogP contribution in [0.5, 0.6) is 0 Å². The number of halogens is 1. The molecule has 0 aliphatic heterocycles. The van der Waals surface area contributed by atoms with Crippen molar-refractivity contribution in [3.63, 3.8) is 0 Å². The van der Waals surface area contributed by atoms with E-state index in [2.05, 4.69) is 49.7 Å².